The van der Waals surface area contributed by atoms with E-state index in [2.05, 4.69) is 5.32 Å². The van der Waals surface area contributed by atoms with Gasteiger partial charge in [-0.05, 0) is 25.0 Å². The van der Waals surface area contributed by atoms with Gasteiger partial charge in [-0.2, -0.15) is 0 Å². The standard InChI is InChI=1S/C23H28N2O6S/c1-25(2,13-5-6-15-32(29,30)31)14-7-12-24-18-10-11-19(26)21-20(18)22(27)16-8-3-4-9-17(16)23(21)28/h3-4,8-11H,5-7,12-15H2,1-2H3,(H2-,24,26,27,28,29,30,31). The van der Waals surface area contributed by atoms with Crippen molar-refractivity contribution in [2.24, 2.45) is 0 Å². The molecule has 0 saturated carbocycles. The zero-order valence-corrected chi connectivity index (χ0v) is 19.1. The molecule has 0 saturated heterocycles. The number of anilines is 1. The molecule has 172 valence electrons. The lowest BCUT2D eigenvalue weighted by molar-refractivity contribution is -0.890. The van der Waals surface area contributed by atoms with E-state index in [-0.39, 0.29) is 34.2 Å². The number of unbranched alkanes of at least 4 members (excludes halogenated alkanes) is 1. The van der Waals surface area contributed by atoms with Crippen molar-refractivity contribution >= 4 is 27.4 Å². The number of aromatic hydroxyl groups is 1. The number of carbonyl (C=O) groups is 2. The molecule has 2 N–H and O–H groups in total. The van der Waals surface area contributed by atoms with Crippen molar-refractivity contribution in [2.75, 3.05) is 44.8 Å². The highest BCUT2D eigenvalue weighted by Crippen LogP contribution is 2.36. The maximum absolute atomic E-state index is 13.1. The van der Waals surface area contributed by atoms with E-state index in [4.69, 9.17) is 0 Å². The molecule has 1 aliphatic rings. The SMILES string of the molecule is C[N+](C)(CCCCS(=O)(=O)[O-])CCCNc1ccc(O)c2c1C(=O)c1ccccc1C2=O. The minimum atomic E-state index is -4.17. The molecule has 0 atom stereocenters. The van der Waals surface area contributed by atoms with E-state index in [1.54, 1.807) is 30.3 Å². The van der Waals surface area contributed by atoms with E-state index in [0.29, 0.717) is 40.7 Å². The molecule has 32 heavy (non-hydrogen) atoms. The largest absolute Gasteiger partial charge is 0.748 e. The molecule has 0 spiro atoms. The van der Waals surface area contributed by atoms with Gasteiger partial charge in [0.15, 0.2) is 11.6 Å². The predicted molar refractivity (Wildman–Crippen MR) is 120 cm³/mol. The Morgan fingerprint density at radius 1 is 0.906 bits per heavy atom. The van der Waals surface area contributed by atoms with E-state index in [1.165, 1.54) is 6.07 Å². The average molecular weight is 461 g/mol. The van der Waals surface area contributed by atoms with Crippen molar-refractivity contribution in [3.05, 3.63) is 58.7 Å². The number of fused-ring (bicyclic) bond motifs is 2. The average Bonchev–Trinajstić information content (AvgIpc) is 2.72. The van der Waals surface area contributed by atoms with Crippen LogP contribution in [0.15, 0.2) is 36.4 Å². The molecule has 0 aromatic heterocycles. The Labute approximate surface area is 188 Å². The Morgan fingerprint density at radius 2 is 1.50 bits per heavy atom. The zero-order chi connectivity index (χ0) is 23.5. The molecule has 0 radical (unpaired) electrons. The Kier molecular flexibility index (Phi) is 7.02. The normalized spacial score (nSPS) is 13.6. The molecular weight excluding hydrogens is 432 g/mol. The zero-order valence-electron chi connectivity index (χ0n) is 18.3. The number of rotatable bonds is 10. The van der Waals surface area contributed by atoms with Crippen molar-refractivity contribution in [1.29, 1.82) is 0 Å². The highest BCUT2D eigenvalue weighted by molar-refractivity contribution is 7.85. The number of ketones is 2. The highest BCUT2D eigenvalue weighted by atomic mass is 32.2. The molecule has 0 unspecified atom stereocenters. The van der Waals surface area contributed by atoms with Gasteiger partial charge >= 0.3 is 0 Å². The fraction of sp³-hybridized carbons (Fsp3) is 0.391. The van der Waals surface area contributed by atoms with Gasteiger partial charge in [0, 0.05) is 35.5 Å². The van der Waals surface area contributed by atoms with Crippen LogP contribution >= 0.6 is 0 Å². The minimum absolute atomic E-state index is 0.0307. The first kappa shape index (κ1) is 23.9. The first-order chi connectivity index (χ1) is 15.0. The molecule has 0 amide bonds. The van der Waals surface area contributed by atoms with Gasteiger partial charge in [-0.1, -0.05) is 24.3 Å². The number of nitrogens with one attached hydrogen (secondary N) is 1. The van der Waals surface area contributed by atoms with Gasteiger partial charge in [0.1, 0.15) is 5.75 Å². The van der Waals surface area contributed by atoms with Gasteiger partial charge in [-0.25, -0.2) is 8.42 Å². The van der Waals surface area contributed by atoms with Crippen molar-refractivity contribution < 1.29 is 32.1 Å². The third kappa shape index (κ3) is 5.53. The molecule has 9 heteroatoms. The van der Waals surface area contributed by atoms with Gasteiger partial charge in [0.25, 0.3) is 0 Å². The number of phenolic OH excluding ortho intramolecular Hbond substituents is 1. The molecule has 0 bridgehead atoms. The molecule has 0 aliphatic heterocycles. The van der Waals surface area contributed by atoms with Crippen LogP contribution in [-0.4, -0.2) is 73.6 Å². The summed E-state index contributed by atoms with van der Waals surface area (Å²) in [5, 5.41) is 13.5. The third-order valence-corrected chi connectivity index (χ3v) is 6.51. The number of benzene rings is 2. The second-order valence-electron chi connectivity index (χ2n) is 8.72. The summed E-state index contributed by atoms with van der Waals surface area (Å²) >= 11 is 0. The van der Waals surface area contributed by atoms with E-state index in [0.717, 1.165) is 19.5 Å². The van der Waals surface area contributed by atoms with E-state index in [1.807, 2.05) is 14.1 Å². The second-order valence-corrected chi connectivity index (χ2v) is 10.2. The smallest absolute Gasteiger partial charge is 0.198 e. The van der Waals surface area contributed by atoms with Gasteiger partial charge in [0.2, 0.25) is 0 Å². The van der Waals surface area contributed by atoms with E-state index >= 15 is 0 Å². The van der Waals surface area contributed by atoms with Crippen molar-refractivity contribution in [2.45, 2.75) is 19.3 Å². The van der Waals surface area contributed by atoms with E-state index in [9.17, 15) is 27.7 Å². The van der Waals surface area contributed by atoms with Crippen LogP contribution in [0.1, 0.15) is 51.1 Å². The Hall–Kier alpha value is -2.75. The monoisotopic (exact) mass is 460 g/mol. The van der Waals surface area contributed by atoms with Crippen molar-refractivity contribution in [3.63, 3.8) is 0 Å². The van der Waals surface area contributed by atoms with Crippen LogP contribution in [0.2, 0.25) is 0 Å². The van der Waals surface area contributed by atoms with Crippen LogP contribution in [0.25, 0.3) is 0 Å². The highest BCUT2D eigenvalue weighted by Gasteiger charge is 2.33. The number of phenols is 1. The Balaban J connectivity index is 1.62. The topological polar surface area (TPSA) is 124 Å². The summed E-state index contributed by atoms with van der Waals surface area (Å²) in [6.45, 7) is 2.10. The Bertz CT molecular complexity index is 1140. The Morgan fingerprint density at radius 3 is 2.12 bits per heavy atom. The van der Waals surface area contributed by atoms with Crippen molar-refractivity contribution in [3.8, 4) is 5.75 Å². The van der Waals surface area contributed by atoms with Crippen LogP contribution in [-0.2, 0) is 10.1 Å². The molecule has 2 aromatic rings. The third-order valence-electron chi connectivity index (χ3n) is 5.72. The predicted octanol–water partition coefficient (Wildman–Crippen LogP) is 2.37. The minimum Gasteiger partial charge on any atom is -0.748 e. The van der Waals surface area contributed by atoms with Crippen LogP contribution in [0.3, 0.4) is 0 Å². The summed E-state index contributed by atoms with van der Waals surface area (Å²) in [5.41, 5.74) is 1.36. The maximum Gasteiger partial charge on any atom is 0.198 e. The fourth-order valence-electron chi connectivity index (χ4n) is 4.01. The fourth-order valence-corrected chi connectivity index (χ4v) is 4.57. The maximum atomic E-state index is 13.1. The number of carbonyl (C=O) groups excluding carboxylic acids is 2. The molecule has 0 fully saturated rings. The molecule has 1 aliphatic carbocycles. The summed E-state index contributed by atoms with van der Waals surface area (Å²) in [4.78, 5) is 25.9. The first-order valence-electron chi connectivity index (χ1n) is 10.5. The second kappa shape index (κ2) is 9.40. The molecule has 0 heterocycles. The van der Waals surface area contributed by atoms with Gasteiger partial charge in [0.05, 0.1) is 48.4 Å². The molecular formula is C23H28N2O6S. The summed E-state index contributed by atoms with van der Waals surface area (Å²) < 4.78 is 32.8. The molecule has 3 rings (SSSR count). The lowest BCUT2D eigenvalue weighted by atomic mass is 9.82. The quantitative estimate of drug-likeness (QED) is 0.206. The van der Waals surface area contributed by atoms with Crippen LogP contribution in [0, 0.1) is 0 Å². The van der Waals surface area contributed by atoms with Gasteiger partial charge in [-0.3, -0.25) is 9.59 Å². The summed E-state index contributed by atoms with van der Waals surface area (Å²) in [5.74, 6) is -1.21. The summed E-state index contributed by atoms with van der Waals surface area (Å²) in [6.07, 6.45) is 1.76. The lowest BCUT2D eigenvalue weighted by Gasteiger charge is -2.30. The first-order valence-corrected chi connectivity index (χ1v) is 12.1. The number of quaternary nitrogens is 1. The number of hydrogen-bond donors (Lipinski definition) is 2. The van der Waals surface area contributed by atoms with Crippen LogP contribution in [0.4, 0.5) is 5.69 Å². The van der Waals surface area contributed by atoms with Gasteiger partial charge in [-0.15, -0.1) is 0 Å². The summed E-state index contributed by atoms with van der Waals surface area (Å²) in [6, 6.07) is 9.63. The van der Waals surface area contributed by atoms with Crippen LogP contribution < -0.4 is 5.32 Å². The summed E-state index contributed by atoms with van der Waals surface area (Å²) in [7, 11) is -0.0975. The lowest BCUT2D eigenvalue weighted by Crippen LogP contribution is -2.42. The van der Waals surface area contributed by atoms with Gasteiger partial charge < -0.3 is 19.5 Å². The van der Waals surface area contributed by atoms with Crippen molar-refractivity contribution in [1.82, 2.24) is 0 Å². The van der Waals surface area contributed by atoms with E-state index < -0.39 is 10.1 Å². The molecule has 8 nitrogen and oxygen atoms in total. The number of nitrogens with zero attached hydrogens (tertiary/aromatic N) is 1. The molecule has 2 aromatic carbocycles. The number of hydrogen-bond acceptors (Lipinski definition) is 7. The van der Waals surface area contributed by atoms with Crippen LogP contribution in [0.5, 0.6) is 5.75 Å².